The van der Waals surface area contributed by atoms with E-state index in [1.165, 1.54) is 18.2 Å². The van der Waals surface area contributed by atoms with Crippen molar-refractivity contribution in [3.63, 3.8) is 0 Å². The molecule has 20 heavy (non-hydrogen) atoms. The lowest BCUT2D eigenvalue weighted by atomic mass is 9.95. The second-order valence-electron chi connectivity index (χ2n) is 5.41. The number of methoxy groups -OCH3 is 1. The van der Waals surface area contributed by atoms with Gasteiger partial charge in [-0.25, -0.2) is 0 Å². The van der Waals surface area contributed by atoms with Crippen LogP contribution in [-0.2, 0) is 9.53 Å². The van der Waals surface area contributed by atoms with Crippen LogP contribution in [0.1, 0.15) is 30.0 Å². The predicted octanol–water partition coefficient (Wildman–Crippen LogP) is 3.40. The molecule has 1 aliphatic carbocycles. The van der Waals surface area contributed by atoms with Crippen molar-refractivity contribution in [2.45, 2.75) is 18.9 Å². The molecule has 1 unspecified atom stereocenters. The molecule has 0 radical (unpaired) electrons. The monoisotopic (exact) mass is 335 g/mol. The fourth-order valence-corrected chi connectivity index (χ4v) is 3.53. The molecule has 0 saturated carbocycles. The highest BCUT2D eigenvalue weighted by molar-refractivity contribution is 9.10. The molecular formula is C16H18BrNO2. The molecular weight excluding hydrogens is 318 g/mol. The zero-order valence-electron chi connectivity index (χ0n) is 11.5. The van der Waals surface area contributed by atoms with Gasteiger partial charge in [-0.1, -0.05) is 34.1 Å². The van der Waals surface area contributed by atoms with Crippen LogP contribution in [0.5, 0.6) is 0 Å². The molecule has 2 aliphatic rings. The molecule has 0 aromatic heterocycles. The van der Waals surface area contributed by atoms with Crippen molar-refractivity contribution in [2.75, 3.05) is 20.2 Å². The average molecular weight is 336 g/mol. The van der Waals surface area contributed by atoms with Crippen LogP contribution in [0.3, 0.4) is 0 Å². The summed E-state index contributed by atoms with van der Waals surface area (Å²) in [6.07, 6.45) is 6.23. The first-order valence-corrected chi connectivity index (χ1v) is 7.78. The number of piperidine rings is 1. The van der Waals surface area contributed by atoms with Gasteiger partial charge >= 0.3 is 5.97 Å². The van der Waals surface area contributed by atoms with Crippen molar-refractivity contribution < 1.29 is 9.53 Å². The molecule has 1 aliphatic heterocycles. The SMILES string of the molecule is COC(=O)C1CCN(C2C=Cc3cc(Br)ccc32)CC1. The molecule has 106 valence electrons. The van der Waals surface area contributed by atoms with Crippen molar-refractivity contribution in [1.82, 2.24) is 4.90 Å². The Morgan fingerprint density at radius 3 is 2.80 bits per heavy atom. The highest BCUT2D eigenvalue weighted by Gasteiger charge is 2.30. The maximum atomic E-state index is 11.6. The Bertz CT molecular complexity index is 547. The van der Waals surface area contributed by atoms with E-state index in [0.29, 0.717) is 6.04 Å². The summed E-state index contributed by atoms with van der Waals surface area (Å²) in [7, 11) is 1.47. The molecule has 3 rings (SSSR count). The minimum atomic E-state index is -0.0593. The van der Waals surface area contributed by atoms with Crippen molar-refractivity contribution in [3.05, 3.63) is 39.9 Å². The second kappa shape index (κ2) is 5.70. The molecule has 1 atom stereocenters. The van der Waals surface area contributed by atoms with E-state index in [2.05, 4.69) is 51.2 Å². The van der Waals surface area contributed by atoms with E-state index in [9.17, 15) is 4.79 Å². The van der Waals surface area contributed by atoms with Crippen molar-refractivity contribution in [3.8, 4) is 0 Å². The highest BCUT2D eigenvalue weighted by Crippen LogP contribution is 2.36. The number of nitrogens with zero attached hydrogens (tertiary/aromatic N) is 1. The number of hydrogen-bond acceptors (Lipinski definition) is 3. The first-order chi connectivity index (χ1) is 9.69. The predicted molar refractivity (Wildman–Crippen MR) is 82.2 cm³/mol. The van der Waals surface area contributed by atoms with Crippen molar-refractivity contribution in [2.24, 2.45) is 5.92 Å². The summed E-state index contributed by atoms with van der Waals surface area (Å²) in [4.78, 5) is 14.0. The van der Waals surface area contributed by atoms with Crippen LogP contribution < -0.4 is 0 Å². The topological polar surface area (TPSA) is 29.5 Å². The third kappa shape index (κ3) is 2.54. The number of esters is 1. The van der Waals surface area contributed by atoms with Gasteiger partial charge < -0.3 is 4.74 Å². The number of fused-ring (bicyclic) bond motifs is 1. The molecule has 4 heteroatoms. The van der Waals surface area contributed by atoms with Crippen molar-refractivity contribution in [1.29, 1.82) is 0 Å². The van der Waals surface area contributed by atoms with Gasteiger partial charge in [-0.2, -0.15) is 0 Å². The van der Waals surface area contributed by atoms with E-state index in [0.717, 1.165) is 30.4 Å². The number of carbonyl (C=O) groups excluding carboxylic acids is 1. The lowest BCUT2D eigenvalue weighted by Crippen LogP contribution is -2.38. The molecule has 1 heterocycles. The Kier molecular flexibility index (Phi) is 3.94. The summed E-state index contributed by atoms with van der Waals surface area (Å²) in [5.74, 6) is 0.0157. The number of benzene rings is 1. The Balaban J connectivity index is 1.69. The van der Waals surface area contributed by atoms with Crippen LogP contribution in [0.25, 0.3) is 6.08 Å². The van der Waals surface area contributed by atoms with Crippen LogP contribution in [-0.4, -0.2) is 31.1 Å². The summed E-state index contributed by atoms with van der Waals surface area (Å²) in [6.45, 7) is 1.90. The normalized spacial score (nSPS) is 22.8. The maximum Gasteiger partial charge on any atom is 0.308 e. The Labute approximate surface area is 127 Å². The molecule has 0 N–H and O–H groups in total. The van der Waals surface area contributed by atoms with Gasteiger partial charge in [-0.15, -0.1) is 0 Å². The third-order valence-electron chi connectivity index (χ3n) is 4.28. The van der Waals surface area contributed by atoms with Gasteiger partial charge in [0.1, 0.15) is 0 Å². The Morgan fingerprint density at radius 2 is 2.10 bits per heavy atom. The minimum Gasteiger partial charge on any atom is -0.469 e. The molecule has 1 saturated heterocycles. The summed E-state index contributed by atoms with van der Waals surface area (Å²) in [6, 6.07) is 6.81. The van der Waals surface area contributed by atoms with Crippen LogP contribution in [0.4, 0.5) is 0 Å². The second-order valence-corrected chi connectivity index (χ2v) is 6.33. The molecule has 3 nitrogen and oxygen atoms in total. The maximum absolute atomic E-state index is 11.6. The summed E-state index contributed by atoms with van der Waals surface area (Å²) < 4.78 is 5.96. The third-order valence-corrected chi connectivity index (χ3v) is 4.78. The zero-order chi connectivity index (χ0) is 14.1. The quantitative estimate of drug-likeness (QED) is 0.776. The smallest absolute Gasteiger partial charge is 0.308 e. The highest BCUT2D eigenvalue weighted by atomic mass is 79.9. The molecule has 0 bridgehead atoms. The lowest BCUT2D eigenvalue weighted by Gasteiger charge is -2.34. The summed E-state index contributed by atoms with van der Waals surface area (Å²) in [5.41, 5.74) is 2.66. The molecule has 0 spiro atoms. The van der Waals surface area contributed by atoms with E-state index in [1.807, 2.05) is 0 Å². The van der Waals surface area contributed by atoms with E-state index >= 15 is 0 Å². The van der Waals surface area contributed by atoms with Crippen molar-refractivity contribution >= 4 is 28.0 Å². The number of halogens is 1. The van der Waals surface area contributed by atoms with Crippen LogP contribution in [0.15, 0.2) is 28.7 Å². The van der Waals surface area contributed by atoms with Gasteiger partial charge in [0.15, 0.2) is 0 Å². The molecule has 1 aromatic rings. The number of rotatable bonds is 2. The van der Waals surface area contributed by atoms with E-state index in [-0.39, 0.29) is 11.9 Å². The number of carbonyl (C=O) groups is 1. The fraction of sp³-hybridized carbons (Fsp3) is 0.438. The lowest BCUT2D eigenvalue weighted by molar-refractivity contribution is -0.147. The van der Waals surface area contributed by atoms with Crippen LogP contribution >= 0.6 is 15.9 Å². The standard InChI is InChI=1S/C16H18BrNO2/c1-20-16(19)11-6-8-18(9-7-11)15-5-2-12-10-13(17)3-4-14(12)15/h2-5,10-11,15H,6-9H2,1H3. The molecule has 0 amide bonds. The van der Waals surface area contributed by atoms with Gasteiger partial charge in [0.25, 0.3) is 0 Å². The van der Waals surface area contributed by atoms with E-state index in [4.69, 9.17) is 4.74 Å². The summed E-state index contributed by atoms with van der Waals surface area (Å²) >= 11 is 3.51. The zero-order valence-corrected chi connectivity index (χ0v) is 13.1. The Hall–Kier alpha value is -1.13. The van der Waals surface area contributed by atoms with Crippen LogP contribution in [0.2, 0.25) is 0 Å². The molecule has 1 fully saturated rings. The molecule has 1 aromatic carbocycles. The summed E-state index contributed by atoms with van der Waals surface area (Å²) in [5, 5.41) is 0. The Morgan fingerprint density at radius 1 is 1.35 bits per heavy atom. The first kappa shape index (κ1) is 13.8. The number of hydrogen-bond donors (Lipinski definition) is 0. The average Bonchev–Trinajstić information content (AvgIpc) is 2.89. The van der Waals surface area contributed by atoms with Crippen LogP contribution in [0, 0.1) is 5.92 Å². The number of ether oxygens (including phenoxy) is 1. The van der Waals surface area contributed by atoms with E-state index in [1.54, 1.807) is 0 Å². The van der Waals surface area contributed by atoms with Gasteiger partial charge in [-0.3, -0.25) is 9.69 Å². The van der Waals surface area contributed by atoms with Gasteiger partial charge in [0.2, 0.25) is 0 Å². The first-order valence-electron chi connectivity index (χ1n) is 6.98. The van der Waals surface area contributed by atoms with Gasteiger partial charge in [0.05, 0.1) is 19.1 Å². The van der Waals surface area contributed by atoms with E-state index < -0.39 is 0 Å². The minimum absolute atomic E-state index is 0.0593. The van der Waals surface area contributed by atoms with Gasteiger partial charge in [-0.05, 0) is 49.2 Å². The largest absolute Gasteiger partial charge is 0.469 e. The number of likely N-dealkylation sites (tertiary alicyclic amines) is 1. The van der Waals surface area contributed by atoms with Gasteiger partial charge in [0, 0.05) is 4.47 Å². The fourth-order valence-electron chi connectivity index (χ4n) is 3.16.